The van der Waals surface area contributed by atoms with Gasteiger partial charge in [-0.05, 0) is 33.6 Å². The van der Waals surface area contributed by atoms with Gasteiger partial charge in [-0.2, -0.15) is 0 Å². The van der Waals surface area contributed by atoms with Crippen LogP contribution in [0.4, 0.5) is 0 Å². The summed E-state index contributed by atoms with van der Waals surface area (Å²) in [6.07, 6.45) is 0. The van der Waals surface area contributed by atoms with E-state index in [1.807, 2.05) is 42.5 Å². The SMILES string of the molecule is O=C(O)C(NCc1ccc(Br)s1)c1ccccc1. The lowest BCUT2D eigenvalue weighted by Crippen LogP contribution is -2.27. The van der Waals surface area contributed by atoms with Crippen molar-refractivity contribution in [3.8, 4) is 0 Å². The molecule has 1 atom stereocenters. The van der Waals surface area contributed by atoms with Crippen molar-refractivity contribution in [2.24, 2.45) is 0 Å². The fraction of sp³-hybridized carbons (Fsp3) is 0.154. The lowest BCUT2D eigenvalue weighted by Gasteiger charge is -2.14. The number of halogens is 1. The van der Waals surface area contributed by atoms with Crippen molar-refractivity contribution in [2.75, 3.05) is 0 Å². The van der Waals surface area contributed by atoms with Crippen LogP contribution in [0.2, 0.25) is 0 Å². The van der Waals surface area contributed by atoms with E-state index < -0.39 is 12.0 Å². The minimum Gasteiger partial charge on any atom is -0.480 e. The molecule has 0 aliphatic heterocycles. The van der Waals surface area contributed by atoms with Gasteiger partial charge in [-0.3, -0.25) is 10.1 Å². The first-order chi connectivity index (χ1) is 8.66. The summed E-state index contributed by atoms with van der Waals surface area (Å²) < 4.78 is 1.05. The summed E-state index contributed by atoms with van der Waals surface area (Å²) in [4.78, 5) is 12.4. The van der Waals surface area contributed by atoms with Crippen molar-refractivity contribution in [2.45, 2.75) is 12.6 Å². The molecule has 0 spiro atoms. The van der Waals surface area contributed by atoms with Crippen LogP contribution in [0.15, 0.2) is 46.3 Å². The van der Waals surface area contributed by atoms with Crippen LogP contribution in [0.3, 0.4) is 0 Å². The highest BCUT2D eigenvalue weighted by atomic mass is 79.9. The second-order valence-electron chi connectivity index (χ2n) is 3.77. The topological polar surface area (TPSA) is 49.3 Å². The third-order valence-electron chi connectivity index (χ3n) is 2.49. The van der Waals surface area contributed by atoms with Crippen molar-refractivity contribution in [1.82, 2.24) is 5.32 Å². The zero-order valence-electron chi connectivity index (χ0n) is 9.47. The van der Waals surface area contributed by atoms with Gasteiger partial charge in [-0.15, -0.1) is 11.3 Å². The predicted octanol–water partition coefficient (Wildman–Crippen LogP) is 3.43. The molecule has 1 aromatic carbocycles. The van der Waals surface area contributed by atoms with Gasteiger partial charge in [0.15, 0.2) is 0 Å². The molecule has 5 heteroatoms. The summed E-state index contributed by atoms with van der Waals surface area (Å²) >= 11 is 4.99. The summed E-state index contributed by atoms with van der Waals surface area (Å²) in [5, 5.41) is 12.3. The Morgan fingerprint density at radius 3 is 2.56 bits per heavy atom. The molecule has 1 aromatic heterocycles. The Balaban J connectivity index is 2.06. The third kappa shape index (κ3) is 3.41. The molecule has 0 saturated heterocycles. The number of thiophene rings is 1. The molecule has 2 aromatic rings. The van der Waals surface area contributed by atoms with E-state index in [1.54, 1.807) is 11.3 Å². The van der Waals surface area contributed by atoms with Gasteiger partial charge in [0.05, 0.1) is 3.79 Å². The summed E-state index contributed by atoms with van der Waals surface area (Å²) in [6, 6.07) is 12.5. The number of rotatable bonds is 5. The van der Waals surface area contributed by atoms with Crippen LogP contribution in [-0.4, -0.2) is 11.1 Å². The van der Waals surface area contributed by atoms with E-state index in [0.29, 0.717) is 6.54 Å². The zero-order valence-corrected chi connectivity index (χ0v) is 11.9. The first-order valence-corrected chi connectivity index (χ1v) is 7.03. The van der Waals surface area contributed by atoms with Gasteiger partial charge < -0.3 is 5.11 Å². The first kappa shape index (κ1) is 13.3. The summed E-state index contributed by atoms with van der Waals surface area (Å²) in [6.45, 7) is 0.544. The Morgan fingerprint density at radius 1 is 1.28 bits per heavy atom. The number of hydrogen-bond donors (Lipinski definition) is 2. The minimum absolute atomic E-state index is 0.544. The van der Waals surface area contributed by atoms with Gasteiger partial charge in [0.25, 0.3) is 0 Å². The molecule has 2 rings (SSSR count). The highest BCUT2D eigenvalue weighted by molar-refractivity contribution is 9.11. The standard InChI is InChI=1S/C13H12BrNO2S/c14-11-7-6-10(18-11)8-15-12(13(16)17)9-4-2-1-3-5-9/h1-7,12,15H,8H2,(H,16,17). The number of hydrogen-bond acceptors (Lipinski definition) is 3. The van der Waals surface area contributed by atoms with Gasteiger partial charge >= 0.3 is 5.97 Å². The maximum atomic E-state index is 11.3. The number of carbonyl (C=O) groups is 1. The number of nitrogens with one attached hydrogen (secondary N) is 1. The van der Waals surface area contributed by atoms with Crippen LogP contribution in [0.1, 0.15) is 16.5 Å². The van der Waals surface area contributed by atoms with Crippen LogP contribution >= 0.6 is 27.3 Å². The van der Waals surface area contributed by atoms with Crippen LogP contribution in [-0.2, 0) is 11.3 Å². The number of carboxylic acids is 1. The molecule has 94 valence electrons. The number of carboxylic acid groups (broad SMARTS) is 1. The van der Waals surface area contributed by atoms with Gasteiger partial charge in [0, 0.05) is 11.4 Å². The maximum absolute atomic E-state index is 11.3. The molecule has 3 nitrogen and oxygen atoms in total. The highest BCUT2D eigenvalue weighted by Gasteiger charge is 2.18. The highest BCUT2D eigenvalue weighted by Crippen LogP contribution is 2.23. The maximum Gasteiger partial charge on any atom is 0.325 e. The summed E-state index contributed by atoms with van der Waals surface area (Å²) in [5.74, 6) is -0.864. The largest absolute Gasteiger partial charge is 0.480 e. The Kier molecular flexibility index (Phi) is 4.52. The molecule has 0 bridgehead atoms. The molecule has 0 fully saturated rings. The van der Waals surface area contributed by atoms with E-state index in [-0.39, 0.29) is 0 Å². The number of aliphatic carboxylic acids is 1. The van der Waals surface area contributed by atoms with E-state index in [1.165, 1.54) is 0 Å². The molecule has 18 heavy (non-hydrogen) atoms. The van der Waals surface area contributed by atoms with Crippen molar-refractivity contribution < 1.29 is 9.90 Å². The Bertz CT molecular complexity index is 527. The van der Waals surface area contributed by atoms with Crippen LogP contribution in [0.5, 0.6) is 0 Å². The van der Waals surface area contributed by atoms with E-state index in [9.17, 15) is 9.90 Å². The lowest BCUT2D eigenvalue weighted by molar-refractivity contribution is -0.139. The van der Waals surface area contributed by atoms with E-state index in [0.717, 1.165) is 14.2 Å². The quantitative estimate of drug-likeness (QED) is 0.885. The van der Waals surface area contributed by atoms with E-state index >= 15 is 0 Å². The summed E-state index contributed by atoms with van der Waals surface area (Å²) in [5.41, 5.74) is 0.764. The second kappa shape index (κ2) is 6.13. The van der Waals surface area contributed by atoms with E-state index in [2.05, 4.69) is 21.2 Å². The molecular weight excluding hydrogens is 314 g/mol. The van der Waals surface area contributed by atoms with Crippen LogP contribution in [0, 0.1) is 0 Å². The molecule has 0 radical (unpaired) electrons. The Labute approximate surface area is 118 Å². The van der Waals surface area contributed by atoms with Gasteiger partial charge in [-0.1, -0.05) is 30.3 Å². The van der Waals surface area contributed by atoms with Crippen molar-refractivity contribution in [3.05, 3.63) is 56.7 Å². The molecule has 1 unspecified atom stereocenters. The average Bonchev–Trinajstić information content (AvgIpc) is 2.76. The third-order valence-corrected chi connectivity index (χ3v) is 4.11. The Hall–Kier alpha value is -1.17. The van der Waals surface area contributed by atoms with Crippen molar-refractivity contribution in [3.63, 3.8) is 0 Å². The van der Waals surface area contributed by atoms with Crippen molar-refractivity contribution in [1.29, 1.82) is 0 Å². The number of benzene rings is 1. The fourth-order valence-corrected chi connectivity index (χ4v) is 3.08. The molecular formula is C13H12BrNO2S. The van der Waals surface area contributed by atoms with Crippen LogP contribution in [0.25, 0.3) is 0 Å². The van der Waals surface area contributed by atoms with Crippen LogP contribution < -0.4 is 5.32 Å². The normalized spacial score (nSPS) is 12.3. The Morgan fingerprint density at radius 2 is 2.00 bits per heavy atom. The fourth-order valence-electron chi connectivity index (χ4n) is 1.64. The monoisotopic (exact) mass is 325 g/mol. The molecule has 0 aliphatic carbocycles. The molecule has 0 amide bonds. The van der Waals surface area contributed by atoms with Crippen molar-refractivity contribution >= 4 is 33.2 Å². The van der Waals surface area contributed by atoms with Gasteiger partial charge in [0.1, 0.15) is 6.04 Å². The lowest BCUT2D eigenvalue weighted by atomic mass is 10.1. The minimum atomic E-state index is -0.864. The van der Waals surface area contributed by atoms with Gasteiger partial charge in [-0.25, -0.2) is 0 Å². The zero-order chi connectivity index (χ0) is 13.0. The average molecular weight is 326 g/mol. The predicted molar refractivity (Wildman–Crippen MR) is 75.7 cm³/mol. The molecule has 0 aliphatic rings. The smallest absolute Gasteiger partial charge is 0.325 e. The van der Waals surface area contributed by atoms with Gasteiger partial charge in [0.2, 0.25) is 0 Å². The summed E-state index contributed by atoms with van der Waals surface area (Å²) in [7, 11) is 0. The van der Waals surface area contributed by atoms with E-state index in [4.69, 9.17) is 0 Å². The molecule has 2 N–H and O–H groups in total. The molecule has 0 saturated carbocycles. The first-order valence-electron chi connectivity index (χ1n) is 5.42. The second-order valence-corrected chi connectivity index (χ2v) is 6.32. The molecule has 1 heterocycles.